The van der Waals surface area contributed by atoms with E-state index in [1.54, 1.807) is 6.07 Å². The van der Waals surface area contributed by atoms with Crippen molar-refractivity contribution < 1.29 is 4.74 Å². The third kappa shape index (κ3) is 6.81. The minimum Gasteiger partial charge on any atom is -0.489 e. The Balaban J connectivity index is 1.83. The van der Waals surface area contributed by atoms with Crippen LogP contribution in [0.5, 0.6) is 5.75 Å². The van der Waals surface area contributed by atoms with Gasteiger partial charge in [0.15, 0.2) is 0 Å². The van der Waals surface area contributed by atoms with E-state index >= 15 is 0 Å². The summed E-state index contributed by atoms with van der Waals surface area (Å²) in [6.45, 7) is 9.98. The van der Waals surface area contributed by atoms with Gasteiger partial charge in [-0.25, -0.2) is 0 Å². The first-order valence-electron chi connectivity index (χ1n) is 9.21. The number of hydrogen-bond acceptors (Lipinski definition) is 3. The maximum absolute atomic E-state index is 6.22. The predicted molar refractivity (Wildman–Crippen MR) is 111 cm³/mol. The van der Waals surface area contributed by atoms with Gasteiger partial charge in [0.05, 0.1) is 0 Å². The van der Waals surface area contributed by atoms with Gasteiger partial charge >= 0.3 is 0 Å². The molecule has 0 aromatic heterocycles. The van der Waals surface area contributed by atoms with Gasteiger partial charge < -0.3 is 15.0 Å². The molecular weight excluding hydrogens is 367 g/mol. The van der Waals surface area contributed by atoms with Gasteiger partial charge in [-0.05, 0) is 50.8 Å². The predicted octanol–water partition coefficient (Wildman–Crippen LogP) is 5.39. The van der Waals surface area contributed by atoms with E-state index in [2.05, 4.69) is 30.1 Å². The van der Waals surface area contributed by atoms with Crippen LogP contribution < -0.4 is 10.1 Å². The van der Waals surface area contributed by atoms with Gasteiger partial charge in [0.25, 0.3) is 0 Å². The normalized spacial score (nSPS) is 11.1. The molecule has 2 aromatic rings. The summed E-state index contributed by atoms with van der Waals surface area (Å²) in [5, 5.41) is 4.77. The number of nitrogens with zero attached hydrogens (tertiary/aromatic N) is 1. The van der Waals surface area contributed by atoms with Gasteiger partial charge in [-0.2, -0.15) is 0 Å². The lowest BCUT2D eigenvalue weighted by Crippen LogP contribution is -2.27. The third-order valence-corrected chi connectivity index (χ3v) is 5.00. The molecule has 1 N–H and O–H groups in total. The van der Waals surface area contributed by atoms with Gasteiger partial charge in [-0.3, -0.25) is 0 Å². The summed E-state index contributed by atoms with van der Waals surface area (Å²) in [6, 6.07) is 13.6. The molecule has 0 unspecified atom stereocenters. The minimum atomic E-state index is 0.426. The van der Waals surface area contributed by atoms with Crippen molar-refractivity contribution in [2.45, 2.75) is 33.4 Å². The third-order valence-electron chi connectivity index (χ3n) is 4.41. The van der Waals surface area contributed by atoms with Crippen LogP contribution in [0.4, 0.5) is 0 Å². The molecule has 0 aliphatic rings. The number of ether oxygens (including phenoxy) is 1. The minimum absolute atomic E-state index is 0.426. The fourth-order valence-electron chi connectivity index (χ4n) is 2.78. The number of para-hydroxylation sites is 1. The Morgan fingerprint density at radius 3 is 2.50 bits per heavy atom. The molecule has 0 atom stereocenters. The lowest BCUT2D eigenvalue weighted by atomic mass is 10.2. The smallest absolute Gasteiger partial charge is 0.124 e. The van der Waals surface area contributed by atoms with Crippen LogP contribution in [0.25, 0.3) is 0 Å². The van der Waals surface area contributed by atoms with E-state index in [4.69, 9.17) is 27.9 Å². The Labute approximate surface area is 167 Å². The van der Waals surface area contributed by atoms with Crippen LogP contribution in [-0.2, 0) is 13.2 Å². The van der Waals surface area contributed by atoms with Gasteiger partial charge in [-0.1, -0.05) is 61.3 Å². The number of hydrogen-bond donors (Lipinski definition) is 1. The van der Waals surface area contributed by atoms with Crippen molar-refractivity contribution >= 4 is 23.2 Å². The summed E-state index contributed by atoms with van der Waals surface area (Å²) in [4.78, 5) is 2.44. The molecule has 0 spiro atoms. The molecule has 3 nitrogen and oxygen atoms in total. The molecule has 0 fully saturated rings. The summed E-state index contributed by atoms with van der Waals surface area (Å²) in [5.74, 6) is 0.884. The van der Waals surface area contributed by atoms with Crippen molar-refractivity contribution in [3.63, 3.8) is 0 Å². The average molecular weight is 395 g/mol. The van der Waals surface area contributed by atoms with Gasteiger partial charge in [-0.15, -0.1) is 0 Å². The Morgan fingerprint density at radius 2 is 1.77 bits per heavy atom. The quantitative estimate of drug-likeness (QED) is 0.516. The van der Waals surface area contributed by atoms with Crippen LogP contribution in [-0.4, -0.2) is 31.1 Å². The fourth-order valence-corrected chi connectivity index (χ4v) is 3.24. The lowest BCUT2D eigenvalue weighted by molar-refractivity contribution is 0.295. The summed E-state index contributed by atoms with van der Waals surface area (Å²) in [6.07, 6.45) is 1.14. The number of benzene rings is 2. The van der Waals surface area contributed by atoms with Gasteiger partial charge in [0, 0.05) is 27.7 Å². The Bertz CT molecular complexity index is 675. The second kappa shape index (κ2) is 11.5. The average Bonchev–Trinajstić information content (AvgIpc) is 2.65. The van der Waals surface area contributed by atoms with Crippen LogP contribution in [0.2, 0.25) is 10.0 Å². The van der Waals surface area contributed by atoms with E-state index in [0.29, 0.717) is 16.7 Å². The highest BCUT2D eigenvalue weighted by Gasteiger charge is 2.06. The first kappa shape index (κ1) is 21.0. The van der Waals surface area contributed by atoms with E-state index in [9.17, 15) is 0 Å². The molecule has 0 saturated carbocycles. The summed E-state index contributed by atoms with van der Waals surface area (Å²) in [5.41, 5.74) is 2.08. The first-order valence-corrected chi connectivity index (χ1v) is 9.97. The molecule has 0 aliphatic heterocycles. The highest BCUT2D eigenvalue weighted by molar-refractivity contribution is 6.35. The molecule has 0 bridgehead atoms. The molecular formula is C21H28Cl2N2O. The van der Waals surface area contributed by atoms with Crippen LogP contribution in [0.15, 0.2) is 42.5 Å². The molecule has 0 amide bonds. The van der Waals surface area contributed by atoms with Crippen molar-refractivity contribution in [1.29, 1.82) is 0 Å². The van der Waals surface area contributed by atoms with Crippen LogP contribution in [0, 0.1) is 0 Å². The summed E-state index contributed by atoms with van der Waals surface area (Å²) < 4.78 is 6.00. The van der Waals surface area contributed by atoms with Crippen LogP contribution >= 0.6 is 23.2 Å². The Hall–Kier alpha value is -1.26. The maximum atomic E-state index is 6.22. The van der Waals surface area contributed by atoms with Crippen molar-refractivity contribution in [3.05, 3.63) is 63.6 Å². The highest BCUT2D eigenvalue weighted by Crippen LogP contribution is 2.24. The molecule has 2 aromatic carbocycles. The number of nitrogens with one attached hydrogen (secondary N) is 1. The highest BCUT2D eigenvalue weighted by atomic mass is 35.5. The summed E-state index contributed by atoms with van der Waals surface area (Å²) in [7, 11) is 0. The number of rotatable bonds is 11. The zero-order valence-electron chi connectivity index (χ0n) is 15.6. The first-order chi connectivity index (χ1) is 12.6. The van der Waals surface area contributed by atoms with E-state index in [-0.39, 0.29) is 0 Å². The number of halogens is 2. The lowest BCUT2D eigenvalue weighted by Gasteiger charge is -2.18. The fraction of sp³-hybridized carbons (Fsp3) is 0.429. The Kier molecular flexibility index (Phi) is 9.27. The molecule has 2 rings (SSSR count). The van der Waals surface area contributed by atoms with Crippen LogP contribution in [0.3, 0.4) is 0 Å². The molecule has 26 heavy (non-hydrogen) atoms. The van der Waals surface area contributed by atoms with Crippen molar-refractivity contribution in [2.24, 2.45) is 0 Å². The molecule has 142 valence electrons. The second-order valence-corrected chi connectivity index (χ2v) is 7.03. The molecule has 0 heterocycles. The molecule has 0 saturated heterocycles. The van der Waals surface area contributed by atoms with E-state index < -0.39 is 0 Å². The van der Waals surface area contributed by atoms with Gasteiger partial charge in [0.2, 0.25) is 0 Å². The van der Waals surface area contributed by atoms with Crippen LogP contribution in [0.1, 0.15) is 31.4 Å². The van der Waals surface area contributed by atoms with Crippen molar-refractivity contribution in [2.75, 3.05) is 26.2 Å². The van der Waals surface area contributed by atoms with Crippen molar-refractivity contribution in [3.8, 4) is 5.75 Å². The largest absolute Gasteiger partial charge is 0.489 e. The topological polar surface area (TPSA) is 24.5 Å². The molecule has 0 radical (unpaired) electrons. The second-order valence-electron chi connectivity index (χ2n) is 6.19. The summed E-state index contributed by atoms with van der Waals surface area (Å²) >= 11 is 12.2. The van der Waals surface area contributed by atoms with Gasteiger partial charge in [0.1, 0.15) is 12.4 Å². The molecule has 5 heteroatoms. The molecule has 0 aliphatic carbocycles. The van der Waals surface area contributed by atoms with E-state index in [1.165, 1.54) is 0 Å². The maximum Gasteiger partial charge on any atom is 0.124 e. The van der Waals surface area contributed by atoms with E-state index in [0.717, 1.165) is 56.0 Å². The van der Waals surface area contributed by atoms with E-state index in [1.807, 2.05) is 30.3 Å². The van der Waals surface area contributed by atoms with Crippen molar-refractivity contribution in [1.82, 2.24) is 10.2 Å². The zero-order valence-corrected chi connectivity index (χ0v) is 17.1. The monoisotopic (exact) mass is 394 g/mol. The Morgan fingerprint density at radius 1 is 1.00 bits per heavy atom. The SMILES string of the molecule is CCN(CC)CCCNCc1ccccc1OCc1ccc(Cl)cc1Cl. The zero-order chi connectivity index (χ0) is 18.8. The standard InChI is InChI=1S/C21H28Cl2N2O/c1-3-25(4-2)13-7-12-24-15-17-8-5-6-9-21(17)26-16-18-10-11-19(22)14-20(18)23/h5-6,8-11,14,24H,3-4,7,12-13,15-16H2,1-2H3.